The molecule has 0 aliphatic heterocycles. The molecule has 0 heterocycles. The zero-order valence-corrected chi connectivity index (χ0v) is 13.5. The molecule has 0 aliphatic carbocycles. The van der Waals surface area contributed by atoms with Gasteiger partial charge in [-0.25, -0.2) is 0 Å². The standard InChI is InChI=1S/C18H20OS/c1-11-10-12(2)14(4)17(13(11)3)18(19)15-8-6-7-9-16(15)20-5/h6-10H,1-5H3. The first-order valence-corrected chi connectivity index (χ1v) is 7.95. The average molecular weight is 284 g/mol. The van der Waals surface area contributed by atoms with E-state index in [1.165, 1.54) is 11.1 Å². The van der Waals surface area contributed by atoms with Crippen molar-refractivity contribution in [3.05, 3.63) is 63.7 Å². The molecule has 0 bridgehead atoms. The van der Waals surface area contributed by atoms with E-state index < -0.39 is 0 Å². The minimum absolute atomic E-state index is 0.136. The number of aryl methyl sites for hydroxylation is 2. The molecule has 0 unspecified atom stereocenters. The largest absolute Gasteiger partial charge is 0.289 e. The number of hydrogen-bond donors (Lipinski definition) is 0. The molecule has 0 aliphatic rings. The van der Waals surface area contributed by atoms with E-state index in [-0.39, 0.29) is 5.78 Å². The van der Waals surface area contributed by atoms with Crippen LogP contribution in [0.15, 0.2) is 35.2 Å². The maximum absolute atomic E-state index is 13.0. The van der Waals surface area contributed by atoms with Gasteiger partial charge >= 0.3 is 0 Å². The van der Waals surface area contributed by atoms with Crippen molar-refractivity contribution in [2.45, 2.75) is 32.6 Å². The summed E-state index contributed by atoms with van der Waals surface area (Å²) in [6.45, 7) is 8.21. The second-order valence-corrected chi connectivity index (χ2v) is 6.01. The van der Waals surface area contributed by atoms with Crippen molar-refractivity contribution < 1.29 is 4.79 Å². The summed E-state index contributed by atoms with van der Waals surface area (Å²) in [5, 5.41) is 0. The summed E-state index contributed by atoms with van der Waals surface area (Å²) in [5.74, 6) is 0.136. The van der Waals surface area contributed by atoms with Gasteiger partial charge in [0.05, 0.1) is 0 Å². The Morgan fingerprint density at radius 1 is 0.950 bits per heavy atom. The molecule has 104 valence electrons. The first-order chi connectivity index (χ1) is 9.47. The van der Waals surface area contributed by atoms with Gasteiger partial charge in [-0.3, -0.25) is 4.79 Å². The maximum atomic E-state index is 13.0. The molecule has 0 N–H and O–H groups in total. The molecular weight excluding hydrogens is 264 g/mol. The van der Waals surface area contributed by atoms with Crippen LogP contribution in [-0.2, 0) is 0 Å². The fourth-order valence-corrected chi connectivity index (χ4v) is 3.12. The van der Waals surface area contributed by atoms with Gasteiger partial charge in [0.2, 0.25) is 0 Å². The van der Waals surface area contributed by atoms with Crippen LogP contribution < -0.4 is 0 Å². The Morgan fingerprint density at radius 2 is 1.50 bits per heavy atom. The van der Waals surface area contributed by atoms with E-state index in [0.29, 0.717) is 0 Å². The van der Waals surface area contributed by atoms with Crippen molar-refractivity contribution >= 4 is 17.5 Å². The van der Waals surface area contributed by atoms with E-state index in [2.05, 4.69) is 19.9 Å². The lowest BCUT2D eigenvalue weighted by atomic mass is 9.89. The van der Waals surface area contributed by atoms with E-state index >= 15 is 0 Å². The minimum Gasteiger partial charge on any atom is -0.289 e. The molecule has 0 radical (unpaired) electrons. The molecule has 0 atom stereocenters. The average Bonchev–Trinajstić information content (AvgIpc) is 2.45. The topological polar surface area (TPSA) is 17.1 Å². The van der Waals surface area contributed by atoms with Gasteiger partial charge in [-0.1, -0.05) is 18.2 Å². The van der Waals surface area contributed by atoms with E-state index in [1.807, 2.05) is 44.4 Å². The Balaban J connectivity index is 2.66. The summed E-state index contributed by atoms with van der Waals surface area (Å²) in [7, 11) is 0. The number of ketones is 1. The predicted octanol–water partition coefficient (Wildman–Crippen LogP) is 4.87. The molecule has 2 heteroatoms. The normalized spacial score (nSPS) is 10.7. The Labute approximate surface area is 125 Å². The van der Waals surface area contributed by atoms with Gasteiger partial charge in [-0.15, -0.1) is 11.8 Å². The van der Waals surface area contributed by atoms with E-state index in [9.17, 15) is 4.79 Å². The molecule has 2 rings (SSSR count). The van der Waals surface area contributed by atoms with Crippen molar-refractivity contribution in [2.75, 3.05) is 6.26 Å². The van der Waals surface area contributed by atoms with E-state index in [4.69, 9.17) is 0 Å². The van der Waals surface area contributed by atoms with Gasteiger partial charge in [0, 0.05) is 16.0 Å². The third-order valence-corrected chi connectivity index (χ3v) is 4.74. The summed E-state index contributed by atoms with van der Waals surface area (Å²) in [6, 6.07) is 9.99. The van der Waals surface area contributed by atoms with Gasteiger partial charge in [-0.05, 0) is 68.3 Å². The third-order valence-electron chi connectivity index (χ3n) is 3.94. The Bertz CT molecular complexity index is 645. The number of hydrogen-bond acceptors (Lipinski definition) is 2. The van der Waals surface area contributed by atoms with Crippen LogP contribution in [0.3, 0.4) is 0 Å². The van der Waals surface area contributed by atoms with Crippen LogP contribution in [0.1, 0.15) is 38.2 Å². The van der Waals surface area contributed by atoms with Crippen LogP contribution in [0, 0.1) is 27.7 Å². The summed E-state index contributed by atoms with van der Waals surface area (Å²) in [4.78, 5) is 14.0. The lowest BCUT2D eigenvalue weighted by Crippen LogP contribution is -2.10. The molecule has 0 saturated heterocycles. The van der Waals surface area contributed by atoms with Gasteiger partial charge in [0.25, 0.3) is 0 Å². The van der Waals surface area contributed by atoms with Crippen molar-refractivity contribution in [3.8, 4) is 0 Å². The summed E-state index contributed by atoms with van der Waals surface area (Å²) < 4.78 is 0. The summed E-state index contributed by atoms with van der Waals surface area (Å²) in [5.41, 5.74) is 6.21. The van der Waals surface area contributed by atoms with Crippen LogP contribution in [0.25, 0.3) is 0 Å². The molecule has 0 amide bonds. The van der Waals surface area contributed by atoms with Crippen molar-refractivity contribution in [3.63, 3.8) is 0 Å². The molecule has 0 aromatic heterocycles. The summed E-state index contributed by atoms with van der Waals surface area (Å²) in [6.07, 6.45) is 2.01. The van der Waals surface area contributed by atoms with Gasteiger partial charge in [-0.2, -0.15) is 0 Å². The van der Waals surface area contributed by atoms with Crippen LogP contribution in [0.5, 0.6) is 0 Å². The zero-order chi connectivity index (χ0) is 14.9. The van der Waals surface area contributed by atoms with Crippen molar-refractivity contribution in [1.82, 2.24) is 0 Å². The van der Waals surface area contributed by atoms with Crippen LogP contribution in [0.4, 0.5) is 0 Å². The molecule has 0 spiro atoms. The Morgan fingerprint density at radius 3 is 2.05 bits per heavy atom. The molecule has 2 aromatic carbocycles. The highest BCUT2D eigenvalue weighted by Gasteiger charge is 2.19. The van der Waals surface area contributed by atoms with Crippen LogP contribution in [0.2, 0.25) is 0 Å². The van der Waals surface area contributed by atoms with Crippen LogP contribution in [-0.4, -0.2) is 12.0 Å². The number of carbonyl (C=O) groups excluding carboxylic acids is 1. The predicted molar refractivity (Wildman–Crippen MR) is 87.0 cm³/mol. The highest BCUT2D eigenvalue weighted by Crippen LogP contribution is 2.28. The number of carbonyl (C=O) groups is 1. The van der Waals surface area contributed by atoms with Crippen LogP contribution >= 0.6 is 11.8 Å². The van der Waals surface area contributed by atoms with Gasteiger partial charge in [0.15, 0.2) is 5.78 Å². The molecule has 20 heavy (non-hydrogen) atoms. The fourth-order valence-electron chi connectivity index (χ4n) is 2.52. The van der Waals surface area contributed by atoms with Crippen molar-refractivity contribution in [1.29, 1.82) is 0 Å². The molecule has 2 aromatic rings. The summed E-state index contributed by atoms with van der Waals surface area (Å²) >= 11 is 1.62. The Kier molecular flexibility index (Phi) is 4.34. The fraction of sp³-hybridized carbons (Fsp3) is 0.278. The van der Waals surface area contributed by atoms with E-state index in [0.717, 1.165) is 27.1 Å². The lowest BCUT2D eigenvalue weighted by molar-refractivity contribution is 0.103. The molecular formula is C18H20OS. The minimum atomic E-state index is 0.136. The second kappa shape index (κ2) is 5.84. The van der Waals surface area contributed by atoms with E-state index in [1.54, 1.807) is 11.8 Å². The van der Waals surface area contributed by atoms with Gasteiger partial charge in [0.1, 0.15) is 0 Å². The molecule has 0 fully saturated rings. The quantitative estimate of drug-likeness (QED) is 0.590. The molecule has 1 nitrogen and oxygen atoms in total. The SMILES string of the molecule is CSc1ccccc1C(=O)c1c(C)c(C)cc(C)c1C. The third kappa shape index (κ3) is 2.53. The number of benzene rings is 2. The monoisotopic (exact) mass is 284 g/mol. The Hall–Kier alpha value is -1.54. The second-order valence-electron chi connectivity index (χ2n) is 5.16. The zero-order valence-electron chi connectivity index (χ0n) is 12.7. The lowest BCUT2D eigenvalue weighted by Gasteiger charge is -2.15. The smallest absolute Gasteiger partial charge is 0.194 e. The van der Waals surface area contributed by atoms with Gasteiger partial charge < -0.3 is 0 Å². The highest BCUT2D eigenvalue weighted by atomic mass is 32.2. The van der Waals surface area contributed by atoms with Crippen molar-refractivity contribution in [2.24, 2.45) is 0 Å². The first-order valence-electron chi connectivity index (χ1n) is 6.72. The first kappa shape index (κ1) is 14.9. The molecule has 0 saturated carbocycles. The number of rotatable bonds is 3. The number of thioether (sulfide) groups is 1. The maximum Gasteiger partial charge on any atom is 0.194 e. The highest BCUT2D eigenvalue weighted by molar-refractivity contribution is 7.98.